The summed E-state index contributed by atoms with van der Waals surface area (Å²) in [5.41, 5.74) is 6.78. The van der Waals surface area contributed by atoms with Gasteiger partial charge >= 0.3 is 0 Å². The Kier molecular flexibility index (Phi) is 4.73. The van der Waals surface area contributed by atoms with Crippen molar-refractivity contribution in [1.82, 2.24) is 5.32 Å². The second kappa shape index (κ2) is 6.35. The number of carbonyl (C=O) groups excluding carboxylic acids is 1. The highest BCUT2D eigenvalue weighted by Gasteiger charge is 2.28. The van der Waals surface area contributed by atoms with Gasteiger partial charge in [-0.25, -0.2) is 0 Å². The van der Waals surface area contributed by atoms with Crippen LogP contribution in [0, 0.1) is 23.2 Å². The molecule has 6 heteroatoms. The molecule has 1 amide bonds. The normalized spacial score (nSPS) is 21.9. The second-order valence-electron chi connectivity index (χ2n) is 5.85. The van der Waals surface area contributed by atoms with Crippen LogP contribution in [-0.4, -0.2) is 25.5 Å². The van der Waals surface area contributed by atoms with Crippen LogP contribution in [0.4, 0.5) is 10.7 Å². The van der Waals surface area contributed by atoms with Crippen LogP contribution in [0.1, 0.15) is 42.4 Å². The minimum absolute atomic E-state index is 0.194. The van der Waals surface area contributed by atoms with Crippen molar-refractivity contribution < 1.29 is 4.79 Å². The minimum atomic E-state index is -0.194. The summed E-state index contributed by atoms with van der Waals surface area (Å²) in [7, 11) is 0. The first-order valence-electron chi connectivity index (χ1n) is 7.33. The fraction of sp³-hybridized carbons (Fsp3) is 0.600. The lowest BCUT2D eigenvalue weighted by molar-refractivity contribution is 0.0960. The maximum atomic E-state index is 12.0. The number of nitrogens with zero attached hydrogens (tertiary/aromatic N) is 2. The standard InChI is InChI=1S/C15H22N4OS/c1-4-18-14(20)13-12(17)11(6-16)15(21-13)19-7-9(2)5-10(3)8-19/h9-10H,4-5,7-8,17H2,1-3H3,(H,18,20). The molecule has 2 atom stereocenters. The van der Waals surface area contributed by atoms with Gasteiger partial charge in [0.05, 0.1) is 5.69 Å². The van der Waals surface area contributed by atoms with Gasteiger partial charge in [-0.3, -0.25) is 4.79 Å². The van der Waals surface area contributed by atoms with E-state index in [9.17, 15) is 10.1 Å². The maximum absolute atomic E-state index is 12.0. The minimum Gasteiger partial charge on any atom is -0.396 e. The molecule has 0 saturated carbocycles. The van der Waals surface area contributed by atoms with Crippen LogP contribution >= 0.6 is 11.3 Å². The molecule has 1 aromatic rings. The third kappa shape index (κ3) is 3.13. The van der Waals surface area contributed by atoms with Crippen LogP contribution in [0.15, 0.2) is 0 Å². The molecule has 1 aliphatic rings. The molecule has 3 N–H and O–H groups in total. The Morgan fingerprint density at radius 1 is 1.48 bits per heavy atom. The fourth-order valence-corrected chi connectivity index (χ4v) is 4.11. The van der Waals surface area contributed by atoms with E-state index < -0.39 is 0 Å². The van der Waals surface area contributed by atoms with Crippen molar-refractivity contribution in [3.05, 3.63) is 10.4 Å². The quantitative estimate of drug-likeness (QED) is 0.898. The van der Waals surface area contributed by atoms with E-state index in [4.69, 9.17) is 5.73 Å². The molecule has 0 radical (unpaired) electrons. The summed E-state index contributed by atoms with van der Waals surface area (Å²) in [5.74, 6) is 0.967. The van der Waals surface area contributed by atoms with Gasteiger partial charge in [-0.15, -0.1) is 11.3 Å². The topological polar surface area (TPSA) is 82.2 Å². The number of thiophene rings is 1. The van der Waals surface area contributed by atoms with Crippen LogP contribution in [-0.2, 0) is 0 Å². The molecule has 2 heterocycles. The largest absolute Gasteiger partial charge is 0.396 e. The van der Waals surface area contributed by atoms with Crippen LogP contribution in [0.25, 0.3) is 0 Å². The van der Waals surface area contributed by atoms with E-state index >= 15 is 0 Å². The van der Waals surface area contributed by atoms with Crippen LogP contribution in [0.5, 0.6) is 0 Å². The van der Waals surface area contributed by atoms with E-state index in [-0.39, 0.29) is 5.91 Å². The van der Waals surface area contributed by atoms with Gasteiger partial charge in [0, 0.05) is 19.6 Å². The van der Waals surface area contributed by atoms with E-state index in [0.717, 1.165) is 18.1 Å². The number of nitrogens with two attached hydrogens (primary N) is 1. The number of rotatable bonds is 3. The van der Waals surface area contributed by atoms with Crippen molar-refractivity contribution in [2.24, 2.45) is 11.8 Å². The summed E-state index contributed by atoms with van der Waals surface area (Å²) < 4.78 is 0. The number of nitrogens with one attached hydrogen (secondary N) is 1. The van der Waals surface area contributed by atoms with E-state index in [1.165, 1.54) is 17.8 Å². The summed E-state index contributed by atoms with van der Waals surface area (Å²) in [5, 5.41) is 13.0. The second-order valence-corrected chi connectivity index (χ2v) is 6.85. The average Bonchev–Trinajstić information content (AvgIpc) is 2.75. The summed E-state index contributed by atoms with van der Waals surface area (Å²) in [4.78, 5) is 14.7. The Balaban J connectivity index is 2.37. The Morgan fingerprint density at radius 3 is 2.62 bits per heavy atom. The predicted molar refractivity (Wildman–Crippen MR) is 86.6 cm³/mol. The molecule has 1 saturated heterocycles. The SMILES string of the molecule is CCNC(=O)c1sc(N2CC(C)CC(C)C2)c(C#N)c1N. The van der Waals surface area contributed by atoms with Crippen molar-refractivity contribution in [3.8, 4) is 6.07 Å². The highest BCUT2D eigenvalue weighted by atomic mass is 32.1. The third-order valence-electron chi connectivity index (χ3n) is 3.74. The number of piperidine rings is 1. The fourth-order valence-electron chi connectivity index (χ4n) is 3.00. The summed E-state index contributed by atoms with van der Waals surface area (Å²) in [6.45, 7) is 8.67. The highest BCUT2D eigenvalue weighted by molar-refractivity contribution is 7.19. The number of anilines is 2. The number of nitrogen functional groups attached to an aromatic ring is 1. The van der Waals surface area contributed by atoms with Gasteiger partial charge in [0.1, 0.15) is 21.5 Å². The van der Waals surface area contributed by atoms with Gasteiger partial charge in [0.15, 0.2) is 0 Å². The molecule has 2 rings (SSSR count). The van der Waals surface area contributed by atoms with E-state index in [2.05, 4.69) is 30.1 Å². The first-order valence-corrected chi connectivity index (χ1v) is 8.15. The number of hydrogen-bond acceptors (Lipinski definition) is 5. The zero-order valence-corrected chi connectivity index (χ0v) is 13.6. The molecule has 0 spiro atoms. The zero-order valence-electron chi connectivity index (χ0n) is 12.8. The lowest BCUT2D eigenvalue weighted by Gasteiger charge is -2.35. The van der Waals surface area contributed by atoms with Crippen molar-refractivity contribution in [1.29, 1.82) is 5.26 Å². The molecular formula is C15H22N4OS. The van der Waals surface area contributed by atoms with Crippen molar-refractivity contribution >= 4 is 27.9 Å². The van der Waals surface area contributed by atoms with Crippen molar-refractivity contribution in [2.75, 3.05) is 30.3 Å². The van der Waals surface area contributed by atoms with Crippen LogP contribution in [0.3, 0.4) is 0 Å². The predicted octanol–water partition coefficient (Wildman–Crippen LogP) is 2.43. The molecule has 114 valence electrons. The molecule has 1 aromatic heterocycles. The van der Waals surface area contributed by atoms with Gasteiger partial charge in [-0.1, -0.05) is 13.8 Å². The molecule has 0 aliphatic carbocycles. The monoisotopic (exact) mass is 306 g/mol. The first kappa shape index (κ1) is 15.6. The van der Waals surface area contributed by atoms with Gasteiger partial charge in [-0.05, 0) is 25.2 Å². The van der Waals surface area contributed by atoms with Gasteiger partial charge in [0.25, 0.3) is 5.91 Å². The first-order chi connectivity index (χ1) is 9.97. The Hall–Kier alpha value is -1.74. The number of amides is 1. The molecule has 5 nitrogen and oxygen atoms in total. The summed E-state index contributed by atoms with van der Waals surface area (Å²) in [6, 6.07) is 2.17. The molecule has 21 heavy (non-hydrogen) atoms. The van der Waals surface area contributed by atoms with Crippen molar-refractivity contribution in [2.45, 2.75) is 27.2 Å². The molecule has 0 aromatic carbocycles. The van der Waals surface area contributed by atoms with Gasteiger partial charge < -0.3 is 16.0 Å². The number of carbonyl (C=O) groups is 1. The molecule has 2 unspecified atom stereocenters. The van der Waals surface area contributed by atoms with E-state index in [1.807, 2.05) is 6.92 Å². The van der Waals surface area contributed by atoms with Gasteiger partial charge in [0.2, 0.25) is 0 Å². The number of hydrogen-bond donors (Lipinski definition) is 2. The van der Waals surface area contributed by atoms with Gasteiger partial charge in [-0.2, -0.15) is 5.26 Å². The molecule has 1 aliphatic heterocycles. The lowest BCUT2D eigenvalue weighted by Crippen LogP contribution is -2.38. The molecule has 0 bridgehead atoms. The van der Waals surface area contributed by atoms with Crippen LogP contribution in [0.2, 0.25) is 0 Å². The third-order valence-corrected chi connectivity index (χ3v) is 5.00. The smallest absolute Gasteiger partial charge is 0.263 e. The molecular weight excluding hydrogens is 284 g/mol. The van der Waals surface area contributed by atoms with Crippen LogP contribution < -0.4 is 16.0 Å². The van der Waals surface area contributed by atoms with E-state index in [1.54, 1.807) is 0 Å². The van der Waals surface area contributed by atoms with Crippen molar-refractivity contribution in [3.63, 3.8) is 0 Å². The zero-order chi connectivity index (χ0) is 15.6. The maximum Gasteiger partial charge on any atom is 0.263 e. The Morgan fingerprint density at radius 2 is 2.10 bits per heavy atom. The lowest BCUT2D eigenvalue weighted by atomic mass is 9.92. The summed E-state index contributed by atoms with van der Waals surface area (Å²) in [6.07, 6.45) is 1.20. The average molecular weight is 306 g/mol. The molecule has 1 fully saturated rings. The Bertz CT molecular complexity index is 565. The number of nitriles is 1. The highest BCUT2D eigenvalue weighted by Crippen LogP contribution is 2.40. The Labute approximate surface area is 129 Å². The van der Waals surface area contributed by atoms with E-state index in [0.29, 0.717) is 34.5 Å². The summed E-state index contributed by atoms with van der Waals surface area (Å²) >= 11 is 1.34.